The molecule has 26 heavy (non-hydrogen) atoms. The number of benzene rings is 1. The van der Waals surface area contributed by atoms with Crippen molar-refractivity contribution in [3.8, 4) is 0 Å². The second-order valence-corrected chi connectivity index (χ2v) is 8.14. The maximum Gasteiger partial charge on any atom is 0.242 e. The molecule has 1 N–H and O–H groups in total. The van der Waals surface area contributed by atoms with E-state index in [0.717, 1.165) is 51.3 Å². The maximum atomic E-state index is 13.3. The van der Waals surface area contributed by atoms with Crippen LogP contribution in [-0.4, -0.2) is 68.2 Å². The Bertz CT molecular complexity index is 588. The molecule has 0 aromatic heterocycles. The van der Waals surface area contributed by atoms with E-state index in [4.69, 9.17) is 4.74 Å². The average molecular weight is 360 g/mol. The molecule has 1 saturated heterocycles. The minimum absolute atomic E-state index is 0.0899. The van der Waals surface area contributed by atoms with Gasteiger partial charge in [-0.3, -0.25) is 14.6 Å². The molecule has 2 aliphatic rings. The highest BCUT2D eigenvalue weighted by molar-refractivity contribution is 5.84. The second kappa shape index (κ2) is 8.51. The number of ether oxygens (including phenoxy) is 1. The zero-order chi connectivity index (χ0) is 18.6. The molecular weight excluding hydrogens is 326 g/mol. The highest BCUT2D eigenvalue weighted by Gasteiger charge is 2.39. The van der Waals surface area contributed by atoms with Crippen LogP contribution >= 0.6 is 0 Å². The number of carbonyl (C=O) groups excluding carboxylic acids is 1. The lowest BCUT2D eigenvalue weighted by molar-refractivity contribution is -0.128. The van der Waals surface area contributed by atoms with Gasteiger partial charge in [0.05, 0.1) is 18.8 Å². The van der Waals surface area contributed by atoms with Crippen LogP contribution in [0.2, 0.25) is 0 Å². The summed E-state index contributed by atoms with van der Waals surface area (Å²) in [4.78, 5) is 17.7. The van der Waals surface area contributed by atoms with Crippen molar-refractivity contribution in [3.63, 3.8) is 0 Å². The number of carbonyl (C=O) groups is 1. The normalized spacial score (nSPS) is 21.7. The van der Waals surface area contributed by atoms with E-state index in [9.17, 15) is 4.79 Å². The summed E-state index contributed by atoms with van der Waals surface area (Å²) >= 11 is 0. The Morgan fingerprint density at radius 2 is 1.81 bits per heavy atom. The van der Waals surface area contributed by atoms with Crippen LogP contribution < -0.4 is 5.32 Å². The van der Waals surface area contributed by atoms with E-state index >= 15 is 0 Å². The van der Waals surface area contributed by atoms with E-state index < -0.39 is 0 Å². The smallest absolute Gasteiger partial charge is 0.242 e. The van der Waals surface area contributed by atoms with Crippen molar-refractivity contribution in [1.29, 1.82) is 0 Å². The predicted octanol–water partition coefficient (Wildman–Crippen LogP) is 2.36. The third kappa shape index (κ3) is 4.64. The summed E-state index contributed by atoms with van der Waals surface area (Å²) in [6.45, 7) is 6.54. The van der Waals surface area contributed by atoms with Gasteiger partial charge in [0.25, 0.3) is 0 Å². The number of nitrogens with zero attached hydrogens (tertiary/aromatic N) is 2. The number of likely N-dealkylation sites (N-methyl/N-ethyl adjacent to an activating group) is 1. The van der Waals surface area contributed by atoms with Gasteiger partial charge in [-0.1, -0.05) is 42.7 Å². The third-order valence-corrected chi connectivity index (χ3v) is 5.74. The van der Waals surface area contributed by atoms with Crippen LogP contribution in [0, 0.1) is 6.92 Å². The van der Waals surface area contributed by atoms with Crippen molar-refractivity contribution < 1.29 is 9.53 Å². The molecule has 144 valence electrons. The quantitative estimate of drug-likeness (QED) is 0.847. The molecule has 0 spiro atoms. The summed E-state index contributed by atoms with van der Waals surface area (Å²) in [5.74, 6) is 0.119. The molecule has 3 rings (SSSR count). The first kappa shape index (κ1) is 19.3. The number of hydrogen-bond donors (Lipinski definition) is 1. The lowest BCUT2D eigenvalue weighted by atomic mass is 9.94. The fourth-order valence-corrected chi connectivity index (χ4v) is 4.32. The minimum Gasteiger partial charge on any atom is -0.379 e. The number of morpholine rings is 1. The van der Waals surface area contributed by atoms with Gasteiger partial charge in [-0.2, -0.15) is 0 Å². The highest BCUT2D eigenvalue weighted by atomic mass is 16.5. The Kier molecular flexibility index (Phi) is 6.33. The summed E-state index contributed by atoms with van der Waals surface area (Å²) < 4.78 is 5.48. The summed E-state index contributed by atoms with van der Waals surface area (Å²) in [6.07, 6.45) is 4.54. The molecule has 1 aliphatic heterocycles. The van der Waals surface area contributed by atoms with E-state index in [1.807, 2.05) is 19.0 Å². The predicted molar refractivity (Wildman–Crippen MR) is 104 cm³/mol. The van der Waals surface area contributed by atoms with Crippen LogP contribution in [0.4, 0.5) is 0 Å². The van der Waals surface area contributed by atoms with Crippen molar-refractivity contribution >= 4 is 5.91 Å². The molecule has 1 saturated carbocycles. The summed E-state index contributed by atoms with van der Waals surface area (Å²) in [5.41, 5.74) is 2.18. The zero-order valence-corrected chi connectivity index (χ0v) is 16.5. The van der Waals surface area contributed by atoms with Crippen LogP contribution in [0.1, 0.15) is 42.9 Å². The number of rotatable bonds is 6. The maximum absolute atomic E-state index is 13.3. The lowest BCUT2D eigenvalue weighted by Gasteiger charge is -2.39. The van der Waals surface area contributed by atoms with Crippen molar-refractivity contribution in [3.05, 3.63) is 35.4 Å². The molecule has 0 radical (unpaired) electrons. The molecular formula is C21H33N3O2. The van der Waals surface area contributed by atoms with Crippen molar-refractivity contribution in [2.24, 2.45) is 0 Å². The van der Waals surface area contributed by atoms with Crippen LogP contribution in [0.5, 0.6) is 0 Å². The first-order valence-corrected chi connectivity index (χ1v) is 9.84. The van der Waals surface area contributed by atoms with Crippen molar-refractivity contribution in [1.82, 2.24) is 15.1 Å². The molecule has 5 nitrogen and oxygen atoms in total. The van der Waals surface area contributed by atoms with Crippen molar-refractivity contribution in [2.45, 2.75) is 44.2 Å². The molecule has 5 heteroatoms. The van der Waals surface area contributed by atoms with Gasteiger partial charge in [-0.25, -0.2) is 0 Å². The number of hydrogen-bond acceptors (Lipinski definition) is 4. The van der Waals surface area contributed by atoms with Gasteiger partial charge >= 0.3 is 0 Å². The van der Waals surface area contributed by atoms with E-state index in [2.05, 4.69) is 41.4 Å². The Morgan fingerprint density at radius 1 is 1.19 bits per heavy atom. The van der Waals surface area contributed by atoms with E-state index in [1.165, 1.54) is 18.4 Å². The molecule has 2 fully saturated rings. The number of amides is 1. The number of nitrogens with one attached hydrogen (secondary N) is 1. The van der Waals surface area contributed by atoms with Gasteiger partial charge in [0, 0.05) is 19.6 Å². The van der Waals surface area contributed by atoms with Crippen molar-refractivity contribution in [2.75, 3.05) is 46.9 Å². The van der Waals surface area contributed by atoms with Gasteiger partial charge in [0.15, 0.2) is 0 Å². The Labute approximate surface area is 157 Å². The van der Waals surface area contributed by atoms with Gasteiger partial charge < -0.3 is 10.1 Å². The average Bonchev–Trinajstić information content (AvgIpc) is 3.05. The monoisotopic (exact) mass is 359 g/mol. The molecule has 1 unspecified atom stereocenters. The van der Waals surface area contributed by atoms with Gasteiger partial charge in [0.1, 0.15) is 6.04 Å². The molecule has 1 aromatic carbocycles. The minimum atomic E-state index is -0.252. The third-order valence-electron chi connectivity index (χ3n) is 5.74. The van der Waals surface area contributed by atoms with Crippen LogP contribution in [0.15, 0.2) is 24.3 Å². The van der Waals surface area contributed by atoms with E-state index in [0.29, 0.717) is 0 Å². The summed E-state index contributed by atoms with van der Waals surface area (Å²) in [5, 5.41) is 3.47. The molecule has 1 aromatic rings. The molecule has 1 atom stereocenters. The Morgan fingerprint density at radius 3 is 2.38 bits per heavy atom. The second-order valence-electron chi connectivity index (χ2n) is 8.14. The fourth-order valence-electron chi connectivity index (χ4n) is 4.32. The first-order valence-electron chi connectivity index (χ1n) is 9.84. The SMILES string of the molecule is Cc1ccc(C(C(=O)NC2(CN3CCOCC3)CCCC2)N(C)C)cc1. The first-order chi connectivity index (χ1) is 12.5. The fraction of sp³-hybridized carbons (Fsp3) is 0.667. The molecule has 1 heterocycles. The summed E-state index contributed by atoms with van der Waals surface area (Å²) in [6, 6.07) is 8.06. The molecule has 1 amide bonds. The van der Waals surface area contributed by atoms with Crippen LogP contribution in [0.25, 0.3) is 0 Å². The topological polar surface area (TPSA) is 44.8 Å². The van der Waals surface area contributed by atoms with E-state index in [1.54, 1.807) is 0 Å². The van der Waals surface area contributed by atoms with Gasteiger partial charge in [0.2, 0.25) is 5.91 Å². The zero-order valence-electron chi connectivity index (χ0n) is 16.5. The Balaban J connectivity index is 1.73. The molecule has 0 bridgehead atoms. The van der Waals surface area contributed by atoms with Gasteiger partial charge in [-0.05, 0) is 39.4 Å². The molecule has 1 aliphatic carbocycles. The van der Waals surface area contributed by atoms with Crippen LogP contribution in [-0.2, 0) is 9.53 Å². The largest absolute Gasteiger partial charge is 0.379 e. The summed E-state index contributed by atoms with van der Waals surface area (Å²) in [7, 11) is 3.96. The lowest BCUT2D eigenvalue weighted by Crippen LogP contribution is -2.57. The number of aryl methyl sites for hydroxylation is 1. The Hall–Kier alpha value is -1.43. The van der Waals surface area contributed by atoms with Crippen LogP contribution in [0.3, 0.4) is 0 Å². The van der Waals surface area contributed by atoms with Gasteiger partial charge in [-0.15, -0.1) is 0 Å². The highest BCUT2D eigenvalue weighted by Crippen LogP contribution is 2.32. The van der Waals surface area contributed by atoms with E-state index in [-0.39, 0.29) is 17.5 Å². The standard InChI is InChI=1S/C21H33N3O2/c1-17-6-8-18(9-7-17)19(23(2)3)20(25)22-21(10-4-5-11-21)16-24-12-14-26-15-13-24/h6-9,19H,4-5,10-16H2,1-3H3,(H,22,25).